The zero-order valence-electron chi connectivity index (χ0n) is 13.2. The number of hydrogen-bond acceptors (Lipinski definition) is 4. The van der Waals surface area contributed by atoms with E-state index in [1.807, 2.05) is 18.2 Å². The first kappa shape index (κ1) is 18.2. The maximum atomic E-state index is 6.23. The smallest absolute Gasteiger partial charge is 0.137 e. The normalized spacial score (nSPS) is 11.1. The van der Waals surface area contributed by atoms with Gasteiger partial charge in [0.25, 0.3) is 0 Å². The summed E-state index contributed by atoms with van der Waals surface area (Å²) in [7, 11) is 1.66. The molecule has 5 heteroatoms. The monoisotopic (exact) mass is 315 g/mol. The number of nitrogens with one attached hydrogen (secondary N) is 1. The summed E-state index contributed by atoms with van der Waals surface area (Å²) in [5.41, 5.74) is 1.16. The van der Waals surface area contributed by atoms with Crippen LogP contribution >= 0.6 is 11.6 Å². The molecule has 0 aliphatic carbocycles. The van der Waals surface area contributed by atoms with Crippen LogP contribution < -0.4 is 10.1 Å². The number of halogens is 1. The summed E-state index contributed by atoms with van der Waals surface area (Å²) in [6.45, 7) is 7.55. The van der Waals surface area contributed by atoms with Crippen molar-refractivity contribution in [3.63, 3.8) is 0 Å². The standard InChI is InChI=1S/C16H26ClNO3/c1-13(2)18-12-14-5-6-16(15(17)11-14)21-8-4-7-20-10-9-19-3/h5-6,11,13,18H,4,7-10,12H2,1-3H3. The molecular weight excluding hydrogens is 290 g/mol. The summed E-state index contributed by atoms with van der Waals surface area (Å²) >= 11 is 6.23. The van der Waals surface area contributed by atoms with Crippen molar-refractivity contribution >= 4 is 11.6 Å². The Morgan fingerprint density at radius 1 is 1.14 bits per heavy atom. The summed E-state index contributed by atoms with van der Waals surface area (Å²) in [6, 6.07) is 6.36. The maximum absolute atomic E-state index is 6.23. The summed E-state index contributed by atoms with van der Waals surface area (Å²) < 4.78 is 15.9. The maximum Gasteiger partial charge on any atom is 0.137 e. The predicted octanol–water partition coefficient (Wildman–Crippen LogP) is 3.27. The molecular formula is C16H26ClNO3. The third-order valence-electron chi connectivity index (χ3n) is 2.83. The van der Waals surface area contributed by atoms with E-state index in [0.29, 0.717) is 37.5 Å². The summed E-state index contributed by atoms with van der Waals surface area (Å²) in [5, 5.41) is 4.01. The molecule has 0 unspecified atom stereocenters. The van der Waals surface area contributed by atoms with Crippen LogP contribution in [0.15, 0.2) is 18.2 Å². The molecule has 0 saturated heterocycles. The molecule has 0 aromatic heterocycles. The Hall–Kier alpha value is -0.810. The number of methoxy groups -OCH3 is 1. The second kappa shape index (κ2) is 10.9. The zero-order chi connectivity index (χ0) is 15.5. The van der Waals surface area contributed by atoms with E-state index < -0.39 is 0 Å². The molecule has 0 saturated carbocycles. The predicted molar refractivity (Wildman–Crippen MR) is 86.2 cm³/mol. The first-order valence-electron chi connectivity index (χ1n) is 7.34. The fourth-order valence-electron chi connectivity index (χ4n) is 1.68. The first-order valence-corrected chi connectivity index (χ1v) is 7.72. The van der Waals surface area contributed by atoms with Gasteiger partial charge in [0.05, 0.1) is 24.8 Å². The Bertz CT molecular complexity index is 399. The molecule has 0 aliphatic heterocycles. The van der Waals surface area contributed by atoms with Crippen molar-refractivity contribution in [2.24, 2.45) is 0 Å². The lowest BCUT2D eigenvalue weighted by Crippen LogP contribution is -2.21. The van der Waals surface area contributed by atoms with Crippen LogP contribution in [0.4, 0.5) is 0 Å². The molecule has 4 nitrogen and oxygen atoms in total. The second-order valence-electron chi connectivity index (χ2n) is 5.11. The number of benzene rings is 1. The minimum absolute atomic E-state index is 0.456. The van der Waals surface area contributed by atoms with Crippen molar-refractivity contribution in [2.75, 3.05) is 33.5 Å². The quantitative estimate of drug-likeness (QED) is 0.636. The van der Waals surface area contributed by atoms with E-state index in [1.165, 1.54) is 0 Å². The van der Waals surface area contributed by atoms with Gasteiger partial charge < -0.3 is 19.5 Å². The topological polar surface area (TPSA) is 39.7 Å². The second-order valence-corrected chi connectivity index (χ2v) is 5.51. The Labute approximate surface area is 132 Å². The van der Waals surface area contributed by atoms with Crippen LogP contribution in [0.1, 0.15) is 25.8 Å². The number of hydrogen-bond donors (Lipinski definition) is 1. The molecule has 0 heterocycles. The van der Waals surface area contributed by atoms with Gasteiger partial charge in [0.1, 0.15) is 5.75 Å². The summed E-state index contributed by atoms with van der Waals surface area (Å²) in [6.07, 6.45) is 0.830. The van der Waals surface area contributed by atoms with Crippen molar-refractivity contribution in [1.82, 2.24) is 5.32 Å². The molecule has 1 rings (SSSR count). The van der Waals surface area contributed by atoms with Gasteiger partial charge >= 0.3 is 0 Å². The molecule has 0 amide bonds. The molecule has 0 aliphatic rings. The van der Waals surface area contributed by atoms with Gasteiger partial charge in [-0.25, -0.2) is 0 Å². The van der Waals surface area contributed by atoms with Crippen LogP contribution in [0.5, 0.6) is 5.75 Å². The van der Waals surface area contributed by atoms with Gasteiger partial charge in [-0.2, -0.15) is 0 Å². The van der Waals surface area contributed by atoms with Crippen molar-refractivity contribution in [1.29, 1.82) is 0 Å². The van der Waals surface area contributed by atoms with Crippen LogP contribution in [0.2, 0.25) is 5.02 Å². The molecule has 0 spiro atoms. The molecule has 1 N–H and O–H groups in total. The lowest BCUT2D eigenvalue weighted by molar-refractivity contribution is 0.0644. The average molecular weight is 316 g/mol. The van der Waals surface area contributed by atoms with Crippen molar-refractivity contribution in [2.45, 2.75) is 32.9 Å². The third-order valence-corrected chi connectivity index (χ3v) is 3.13. The zero-order valence-corrected chi connectivity index (χ0v) is 13.9. The molecule has 0 bridgehead atoms. The minimum Gasteiger partial charge on any atom is -0.492 e. The van der Waals surface area contributed by atoms with E-state index in [2.05, 4.69) is 19.2 Å². The van der Waals surface area contributed by atoms with Crippen LogP contribution in [-0.2, 0) is 16.0 Å². The molecule has 21 heavy (non-hydrogen) atoms. The Balaban J connectivity index is 2.26. The average Bonchev–Trinajstić information content (AvgIpc) is 2.46. The highest BCUT2D eigenvalue weighted by Crippen LogP contribution is 2.25. The first-order chi connectivity index (χ1) is 10.1. The molecule has 1 aromatic carbocycles. The third kappa shape index (κ3) is 8.27. The van der Waals surface area contributed by atoms with Crippen molar-refractivity contribution < 1.29 is 14.2 Å². The molecule has 120 valence electrons. The molecule has 0 radical (unpaired) electrons. The van der Waals surface area contributed by atoms with Gasteiger partial charge in [-0.1, -0.05) is 31.5 Å². The van der Waals surface area contributed by atoms with E-state index in [-0.39, 0.29) is 0 Å². The Morgan fingerprint density at radius 3 is 2.62 bits per heavy atom. The molecule has 0 atom stereocenters. The largest absolute Gasteiger partial charge is 0.492 e. The highest BCUT2D eigenvalue weighted by Gasteiger charge is 2.04. The van der Waals surface area contributed by atoms with Crippen LogP contribution in [0.3, 0.4) is 0 Å². The summed E-state index contributed by atoms with van der Waals surface area (Å²) in [4.78, 5) is 0. The fraction of sp³-hybridized carbons (Fsp3) is 0.625. The Morgan fingerprint density at radius 2 is 1.95 bits per heavy atom. The van der Waals surface area contributed by atoms with Gasteiger partial charge in [0, 0.05) is 32.7 Å². The number of rotatable bonds is 11. The van der Waals surface area contributed by atoms with Crippen LogP contribution in [0.25, 0.3) is 0 Å². The fourth-order valence-corrected chi connectivity index (χ4v) is 1.94. The van der Waals surface area contributed by atoms with Crippen molar-refractivity contribution in [3.8, 4) is 5.75 Å². The van der Waals surface area contributed by atoms with E-state index >= 15 is 0 Å². The SMILES string of the molecule is COCCOCCCOc1ccc(CNC(C)C)cc1Cl. The van der Waals surface area contributed by atoms with Gasteiger partial charge in [-0.3, -0.25) is 0 Å². The van der Waals surface area contributed by atoms with E-state index in [4.69, 9.17) is 25.8 Å². The van der Waals surface area contributed by atoms with E-state index in [9.17, 15) is 0 Å². The van der Waals surface area contributed by atoms with Gasteiger partial charge in [-0.05, 0) is 17.7 Å². The molecule has 0 fully saturated rings. The highest BCUT2D eigenvalue weighted by atomic mass is 35.5. The van der Waals surface area contributed by atoms with Gasteiger partial charge in [-0.15, -0.1) is 0 Å². The van der Waals surface area contributed by atoms with Gasteiger partial charge in [0.15, 0.2) is 0 Å². The summed E-state index contributed by atoms with van der Waals surface area (Å²) in [5.74, 6) is 0.724. The van der Waals surface area contributed by atoms with Gasteiger partial charge in [0.2, 0.25) is 0 Å². The lowest BCUT2D eigenvalue weighted by Gasteiger charge is -2.11. The van der Waals surface area contributed by atoms with Crippen LogP contribution in [-0.4, -0.2) is 39.6 Å². The van der Waals surface area contributed by atoms with E-state index in [0.717, 1.165) is 24.3 Å². The van der Waals surface area contributed by atoms with E-state index in [1.54, 1.807) is 7.11 Å². The number of ether oxygens (including phenoxy) is 3. The van der Waals surface area contributed by atoms with Crippen molar-refractivity contribution in [3.05, 3.63) is 28.8 Å². The minimum atomic E-state index is 0.456. The lowest BCUT2D eigenvalue weighted by atomic mass is 10.2. The van der Waals surface area contributed by atoms with Crippen LogP contribution in [0, 0.1) is 0 Å². The highest BCUT2D eigenvalue weighted by molar-refractivity contribution is 6.32. The Kier molecular flexibility index (Phi) is 9.42. The molecule has 1 aromatic rings.